The van der Waals surface area contributed by atoms with Gasteiger partial charge in [0.1, 0.15) is 5.82 Å². The second-order valence-electron chi connectivity index (χ2n) is 3.15. The molecule has 0 aliphatic rings. The maximum atomic E-state index is 13.1. The van der Waals surface area contributed by atoms with E-state index in [-0.39, 0.29) is 15.3 Å². The minimum Gasteiger partial charge on any atom is -0.353 e. The number of benzene rings is 1. The zero-order chi connectivity index (χ0) is 12.4. The number of aromatic nitrogens is 2. The van der Waals surface area contributed by atoms with E-state index < -0.39 is 5.82 Å². The highest BCUT2D eigenvalue weighted by molar-refractivity contribution is 6.33. The minimum absolute atomic E-state index is 0.134. The van der Waals surface area contributed by atoms with Crippen molar-refractivity contribution in [3.63, 3.8) is 0 Å². The van der Waals surface area contributed by atoms with Gasteiger partial charge in [0.15, 0.2) is 10.3 Å². The number of halogens is 4. The van der Waals surface area contributed by atoms with Crippen molar-refractivity contribution < 1.29 is 4.39 Å². The van der Waals surface area contributed by atoms with E-state index in [1.54, 1.807) is 6.07 Å². The molecular weight excluding hydrogens is 287 g/mol. The summed E-state index contributed by atoms with van der Waals surface area (Å²) >= 11 is 17.2. The Kier molecular flexibility index (Phi) is 3.66. The highest BCUT2D eigenvalue weighted by Crippen LogP contribution is 2.27. The molecule has 88 valence electrons. The van der Waals surface area contributed by atoms with Crippen molar-refractivity contribution in [1.29, 1.82) is 0 Å². The molecule has 17 heavy (non-hydrogen) atoms. The molecule has 0 aliphatic heterocycles. The molecule has 2 aromatic rings. The molecule has 2 rings (SSSR count). The van der Waals surface area contributed by atoms with Gasteiger partial charge in [0.25, 0.3) is 0 Å². The third-order valence-electron chi connectivity index (χ3n) is 1.86. The fourth-order valence-corrected chi connectivity index (χ4v) is 1.73. The van der Waals surface area contributed by atoms with Crippen molar-refractivity contribution in [2.24, 2.45) is 0 Å². The molecule has 0 bridgehead atoms. The summed E-state index contributed by atoms with van der Waals surface area (Å²) in [6.45, 7) is 0. The Hall–Kier alpha value is -1.10. The van der Waals surface area contributed by atoms with Crippen LogP contribution in [0.3, 0.4) is 0 Å². The molecule has 0 fully saturated rings. The number of hydrogen-bond acceptors (Lipinski definition) is 3. The van der Waals surface area contributed by atoms with E-state index in [0.717, 1.165) is 0 Å². The second kappa shape index (κ2) is 5.04. The van der Waals surface area contributed by atoms with Crippen LogP contribution in [-0.2, 0) is 0 Å². The van der Waals surface area contributed by atoms with Crippen molar-refractivity contribution in [2.45, 2.75) is 0 Å². The molecule has 0 atom stereocenters. The maximum Gasteiger partial charge on any atom is 0.175 e. The highest BCUT2D eigenvalue weighted by Gasteiger charge is 2.06. The molecule has 0 saturated heterocycles. The number of hydrogen-bond donors (Lipinski definition) is 1. The van der Waals surface area contributed by atoms with E-state index in [4.69, 9.17) is 34.8 Å². The molecule has 0 spiro atoms. The maximum absolute atomic E-state index is 13.1. The van der Waals surface area contributed by atoms with E-state index in [9.17, 15) is 4.39 Å². The first-order valence-corrected chi connectivity index (χ1v) is 5.60. The normalized spacial score (nSPS) is 10.4. The summed E-state index contributed by atoms with van der Waals surface area (Å²) in [7, 11) is 0. The lowest BCUT2D eigenvalue weighted by molar-refractivity contribution is 0.628. The highest BCUT2D eigenvalue weighted by atomic mass is 35.5. The Bertz CT molecular complexity index is 542. The van der Waals surface area contributed by atoms with Crippen molar-refractivity contribution in [2.75, 3.05) is 5.32 Å². The molecule has 0 aliphatic carbocycles. The molecule has 7 heteroatoms. The fraction of sp³-hybridized carbons (Fsp3) is 0. The molecule has 0 saturated carbocycles. The van der Waals surface area contributed by atoms with Crippen LogP contribution in [0.2, 0.25) is 15.3 Å². The SMILES string of the molecule is Fc1cc(Cl)cc(Nc2cc(Cl)nnc2Cl)c1. The first-order valence-electron chi connectivity index (χ1n) is 4.46. The molecular formula is C10H5Cl3FN3. The third kappa shape index (κ3) is 3.19. The van der Waals surface area contributed by atoms with E-state index in [2.05, 4.69) is 15.5 Å². The van der Waals surface area contributed by atoms with Crippen molar-refractivity contribution >= 4 is 46.2 Å². The van der Waals surface area contributed by atoms with Crippen molar-refractivity contribution in [1.82, 2.24) is 10.2 Å². The minimum atomic E-state index is -0.454. The predicted octanol–water partition coefficient (Wildman–Crippen LogP) is 4.32. The molecule has 1 heterocycles. The van der Waals surface area contributed by atoms with Gasteiger partial charge in [-0.2, -0.15) is 0 Å². The molecule has 0 radical (unpaired) electrons. The Morgan fingerprint density at radius 3 is 2.47 bits per heavy atom. The summed E-state index contributed by atoms with van der Waals surface area (Å²) in [6, 6.07) is 5.51. The molecule has 1 N–H and O–H groups in total. The van der Waals surface area contributed by atoms with Crippen LogP contribution >= 0.6 is 34.8 Å². The lowest BCUT2D eigenvalue weighted by Gasteiger charge is -2.08. The third-order valence-corrected chi connectivity index (χ3v) is 2.54. The van der Waals surface area contributed by atoms with Crippen LogP contribution in [0.5, 0.6) is 0 Å². The summed E-state index contributed by atoms with van der Waals surface area (Å²) in [5.41, 5.74) is 0.870. The Morgan fingerprint density at radius 2 is 1.76 bits per heavy atom. The number of rotatable bonds is 2. The first kappa shape index (κ1) is 12.4. The summed E-state index contributed by atoms with van der Waals surface area (Å²) in [6.07, 6.45) is 0. The quantitative estimate of drug-likeness (QED) is 0.895. The zero-order valence-corrected chi connectivity index (χ0v) is 10.5. The topological polar surface area (TPSA) is 37.8 Å². The molecule has 0 amide bonds. The second-order valence-corrected chi connectivity index (χ2v) is 4.34. The average molecular weight is 293 g/mol. The standard InChI is InChI=1S/C10H5Cl3FN3/c11-5-1-6(14)3-7(2-5)15-8-4-9(12)16-17-10(8)13/h1-4H,(H,15,16). The summed E-state index contributed by atoms with van der Waals surface area (Å²) in [4.78, 5) is 0. The Morgan fingerprint density at radius 1 is 1.00 bits per heavy atom. The van der Waals surface area contributed by atoms with E-state index in [1.807, 2.05) is 0 Å². The van der Waals surface area contributed by atoms with Gasteiger partial charge in [-0.1, -0.05) is 34.8 Å². The van der Waals surface area contributed by atoms with Crippen LogP contribution in [0.4, 0.5) is 15.8 Å². The lowest BCUT2D eigenvalue weighted by Crippen LogP contribution is -1.95. The van der Waals surface area contributed by atoms with E-state index >= 15 is 0 Å². The molecule has 0 unspecified atom stereocenters. The largest absolute Gasteiger partial charge is 0.353 e. The van der Waals surface area contributed by atoms with Gasteiger partial charge in [-0.25, -0.2) is 4.39 Å². The Labute approximate surface area is 112 Å². The van der Waals surface area contributed by atoms with Gasteiger partial charge in [0.2, 0.25) is 0 Å². The van der Waals surface area contributed by atoms with Crippen molar-refractivity contribution in [3.8, 4) is 0 Å². The fourth-order valence-electron chi connectivity index (χ4n) is 1.22. The van der Waals surface area contributed by atoms with Crippen LogP contribution in [-0.4, -0.2) is 10.2 Å². The number of nitrogens with one attached hydrogen (secondary N) is 1. The first-order chi connectivity index (χ1) is 8.04. The summed E-state index contributed by atoms with van der Waals surface area (Å²) < 4.78 is 13.1. The van der Waals surface area contributed by atoms with Crippen LogP contribution in [0.15, 0.2) is 24.3 Å². The van der Waals surface area contributed by atoms with Gasteiger partial charge < -0.3 is 5.32 Å². The Balaban J connectivity index is 2.34. The molecule has 1 aromatic carbocycles. The lowest BCUT2D eigenvalue weighted by atomic mass is 10.3. The predicted molar refractivity (Wildman–Crippen MR) is 66.7 cm³/mol. The monoisotopic (exact) mass is 291 g/mol. The molecule has 3 nitrogen and oxygen atoms in total. The van der Waals surface area contributed by atoms with E-state index in [0.29, 0.717) is 11.4 Å². The number of nitrogens with zero attached hydrogens (tertiary/aromatic N) is 2. The van der Waals surface area contributed by atoms with Crippen LogP contribution in [0.1, 0.15) is 0 Å². The van der Waals surface area contributed by atoms with Gasteiger partial charge >= 0.3 is 0 Å². The van der Waals surface area contributed by atoms with Gasteiger partial charge in [0.05, 0.1) is 5.69 Å². The van der Waals surface area contributed by atoms with Crippen LogP contribution < -0.4 is 5.32 Å². The van der Waals surface area contributed by atoms with Gasteiger partial charge in [-0.3, -0.25) is 0 Å². The summed E-state index contributed by atoms with van der Waals surface area (Å²) in [5, 5.41) is 10.6. The molecule has 1 aromatic heterocycles. The van der Waals surface area contributed by atoms with Crippen LogP contribution in [0, 0.1) is 5.82 Å². The van der Waals surface area contributed by atoms with Crippen molar-refractivity contribution in [3.05, 3.63) is 45.4 Å². The average Bonchev–Trinajstić information content (AvgIpc) is 2.22. The smallest absolute Gasteiger partial charge is 0.175 e. The number of anilines is 2. The van der Waals surface area contributed by atoms with Gasteiger partial charge in [-0.15, -0.1) is 10.2 Å². The summed E-state index contributed by atoms with van der Waals surface area (Å²) in [5.74, 6) is -0.454. The van der Waals surface area contributed by atoms with Crippen LogP contribution in [0.25, 0.3) is 0 Å². The van der Waals surface area contributed by atoms with E-state index in [1.165, 1.54) is 18.2 Å². The zero-order valence-electron chi connectivity index (χ0n) is 8.22. The van der Waals surface area contributed by atoms with Gasteiger partial charge in [0, 0.05) is 16.8 Å². The van der Waals surface area contributed by atoms with Gasteiger partial charge in [-0.05, 0) is 18.2 Å².